The van der Waals surface area contributed by atoms with Crippen molar-refractivity contribution in [1.29, 1.82) is 0 Å². The molecule has 4 heteroatoms. The van der Waals surface area contributed by atoms with E-state index in [2.05, 4.69) is 4.98 Å². The van der Waals surface area contributed by atoms with E-state index >= 15 is 0 Å². The van der Waals surface area contributed by atoms with Crippen molar-refractivity contribution >= 4 is 39.7 Å². The van der Waals surface area contributed by atoms with Gasteiger partial charge in [-0.25, -0.2) is 0 Å². The quantitative estimate of drug-likeness (QED) is 0.774. The van der Waals surface area contributed by atoms with Crippen LogP contribution in [-0.4, -0.2) is 9.97 Å². The molecule has 0 aliphatic carbocycles. The molecule has 1 heterocycles. The number of nitrogens with zero attached hydrogens (tertiary/aromatic N) is 1. The molecule has 0 amide bonds. The number of benzene rings is 1. The fourth-order valence-electron chi connectivity index (χ4n) is 1.55. The fourth-order valence-corrected chi connectivity index (χ4v) is 1.93. The highest BCUT2D eigenvalue weighted by Gasteiger charge is 2.08. The molecular formula is C11H9ClN2S. The lowest BCUT2D eigenvalue weighted by Crippen LogP contribution is -2.10. The van der Waals surface area contributed by atoms with Crippen LogP contribution in [0.4, 0.5) is 0 Å². The first kappa shape index (κ1) is 10.3. The summed E-state index contributed by atoms with van der Waals surface area (Å²) in [6.45, 7) is 1.89. The number of nitrogens with two attached hydrogens (primary N) is 1. The Kier molecular flexibility index (Phi) is 2.59. The van der Waals surface area contributed by atoms with Crippen LogP contribution < -0.4 is 5.73 Å². The van der Waals surface area contributed by atoms with Gasteiger partial charge in [0.1, 0.15) is 4.99 Å². The van der Waals surface area contributed by atoms with Gasteiger partial charge in [0.15, 0.2) is 0 Å². The van der Waals surface area contributed by atoms with Crippen LogP contribution in [0.5, 0.6) is 0 Å². The molecule has 1 aromatic carbocycles. The summed E-state index contributed by atoms with van der Waals surface area (Å²) in [6.07, 6.45) is 0. The number of halogens is 1. The van der Waals surface area contributed by atoms with Crippen molar-refractivity contribution in [3.8, 4) is 0 Å². The van der Waals surface area contributed by atoms with Gasteiger partial charge in [0, 0.05) is 16.6 Å². The van der Waals surface area contributed by atoms with Crippen LogP contribution in [0.2, 0.25) is 5.02 Å². The maximum Gasteiger partial charge on any atom is 0.104 e. The Hall–Kier alpha value is -1.19. The molecule has 0 unspecified atom stereocenters. The molecular weight excluding hydrogens is 228 g/mol. The molecule has 0 fully saturated rings. The summed E-state index contributed by atoms with van der Waals surface area (Å²) < 4.78 is 0. The minimum atomic E-state index is 0.368. The molecule has 0 saturated carbocycles. The Morgan fingerprint density at radius 2 is 2.20 bits per heavy atom. The third-order valence-electron chi connectivity index (χ3n) is 2.18. The number of para-hydroxylation sites is 1. The first-order valence-electron chi connectivity index (χ1n) is 4.45. The summed E-state index contributed by atoms with van der Waals surface area (Å²) in [5.74, 6) is 0. The third kappa shape index (κ3) is 1.80. The lowest BCUT2D eigenvalue weighted by molar-refractivity contribution is 1.25. The maximum atomic E-state index is 6.06. The van der Waals surface area contributed by atoms with Gasteiger partial charge in [-0.05, 0) is 19.1 Å². The van der Waals surface area contributed by atoms with Gasteiger partial charge in [0.05, 0.1) is 10.5 Å². The molecule has 0 atom stereocenters. The number of aryl methyl sites for hydroxylation is 1. The lowest BCUT2D eigenvalue weighted by atomic mass is 10.1. The Bertz CT molecular complexity index is 552. The smallest absolute Gasteiger partial charge is 0.104 e. The maximum absolute atomic E-state index is 6.06. The molecule has 2 rings (SSSR count). The van der Waals surface area contributed by atoms with Crippen molar-refractivity contribution in [1.82, 2.24) is 4.98 Å². The predicted molar refractivity (Wildman–Crippen MR) is 67.4 cm³/mol. The molecule has 0 aliphatic heterocycles. The second-order valence-corrected chi connectivity index (χ2v) is 4.16. The largest absolute Gasteiger partial charge is 0.389 e. The summed E-state index contributed by atoms with van der Waals surface area (Å²) in [6, 6.07) is 7.46. The van der Waals surface area contributed by atoms with Crippen molar-refractivity contribution < 1.29 is 0 Å². The van der Waals surface area contributed by atoms with Gasteiger partial charge in [0.2, 0.25) is 0 Å². The summed E-state index contributed by atoms with van der Waals surface area (Å²) in [4.78, 5) is 4.74. The molecule has 15 heavy (non-hydrogen) atoms. The Morgan fingerprint density at radius 1 is 1.47 bits per heavy atom. The van der Waals surface area contributed by atoms with Crippen LogP contribution in [0.15, 0.2) is 24.3 Å². The molecule has 0 bridgehead atoms. The zero-order chi connectivity index (χ0) is 11.0. The zero-order valence-electron chi connectivity index (χ0n) is 8.12. The minimum absolute atomic E-state index is 0.368. The molecule has 76 valence electrons. The topological polar surface area (TPSA) is 38.9 Å². The second-order valence-electron chi connectivity index (χ2n) is 3.31. The first-order chi connectivity index (χ1) is 7.09. The van der Waals surface area contributed by atoms with E-state index in [0.29, 0.717) is 10.0 Å². The first-order valence-corrected chi connectivity index (χ1v) is 5.24. The van der Waals surface area contributed by atoms with Gasteiger partial charge in [0.25, 0.3) is 0 Å². The number of rotatable bonds is 1. The average molecular weight is 237 g/mol. The average Bonchev–Trinajstić information content (AvgIpc) is 2.18. The van der Waals surface area contributed by atoms with Gasteiger partial charge in [-0.3, -0.25) is 4.98 Å². The van der Waals surface area contributed by atoms with Crippen LogP contribution >= 0.6 is 23.8 Å². The number of thiocarbonyl (C=S) groups is 1. The lowest BCUT2D eigenvalue weighted by Gasteiger charge is -2.07. The standard InChI is InChI=1S/C11H9ClN2S/c1-6-5-8(11(13)15)7-3-2-4-9(12)10(7)14-6/h2-5H,1H3,(H2,13,15). The van der Waals surface area contributed by atoms with Crippen molar-refractivity contribution in [2.45, 2.75) is 6.92 Å². The van der Waals surface area contributed by atoms with E-state index in [4.69, 9.17) is 29.6 Å². The Labute approximate surface area is 98.1 Å². The van der Waals surface area contributed by atoms with Crippen LogP contribution in [0.3, 0.4) is 0 Å². The highest BCUT2D eigenvalue weighted by atomic mass is 35.5. The number of hydrogen-bond acceptors (Lipinski definition) is 2. The number of aromatic nitrogens is 1. The molecule has 0 spiro atoms. The molecule has 2 aromatic rings. The molecule has 2 N–H and O–H groups in total. The van der Waals surface area contributed by atoms with E-state index in [1.165, 1.54) is 0 Å². The van der Waals surface area contributed by atoms with Crippen LogP contribution in [0.25, 0.3) is 10.9 Å². The van der Waals surface area contributed by atoms with E-state index < -0.39 is 0 Å². The van der Waals surface area contributed by atoms with Crippen molar-refractivity contribution in [2.24, 2.45) is 5.73 Å². The van der Waals surface area contributed by atoms with Crippen LogP contribution in [-0.2, 0) is 0 Å². The Morgan fingerprint density at radius 3 is 2.87 bits per heavy atom. The zero-order valence-corrected chi connectivity index (χ0v) is 9.69. The Balaban J connectivity index is 2.92. The molecule has 1 aromatic heterocycles. The number of fused-ring (bicyclic) bond motifs is 1. The van der Waals surface area contributed by atoms with Gasteiger partial charge in [-0.1, -0.05) is 36.0 Å². The number of pyridine rings is 1. The highest BCUT2D eigenvalue weighted by molar-refractivity contribution is 7.80. The molecule has 0 aliphatic rings. The van der Waals surface area contributed by atoms with E-state index in [1.54, 1.807) is 6.07 Å². The molecule has 0 radical (unpaired) electrons. The normalized spacial score (nSPS) is 10.5. The molecule has 2 nitrogen and oxygen atoms in total. The number of hydrogen-bond donors (Lipinski definition) is 1. The summed E-state index contributed by atoms with van der Waals surface area (Å²) in [5.41, 5.74) is 8.10. The van der Waals surface area contributed by atoms with Gasteiger partial charge >= 0.3 is 0 Å². The fraction of sp³-hybridized carbons (Fsp3) is 0.0909. The van der Waals surface area contributed by atoms with Gasteiger partial charge < -0.3 is 5.73 Å². The van der Waals surface area contributed by atoms with Gasteiger partial charge in [-0.2, -0.15) is 0 Å². The third-order valence-corrected chi connectivity index (χ3v) is 2.71. The summed E-state index contributed by atoms with van der Waals surface area (Å²) in [7, 11) is 0. The van der Waals surface area contributed by atoms with E-state index in [0.717, 1.165) is 22.2 Å². The van der Waals surface area contributed by atoms with E-state index in [1.807, 2.05) is 25.1 Å². The highest BCUT2D eigenvalue weighted by Crippen LogP contribution is 2.24. The SMILES string of the molecule is Cc1cc(C(N)=S)c2cccc(Cl)c2n1. The van der Waals surface area contributed by atoms with E-state index in [9.17, 15) is 0 Å². The van der Waals surface area contributed by atoms with Crippen molar-refractivity contribution in [2.75, 3.05) is 0 Å². The minimum Gasteiger partial charge on any atom is -0.389 e. The predicted octanol–water partition coefficient (Wildman–Crippen LogP) is 2.83. The summed E-state index contributed by atoms with van der Waals surface area (Å²) >= 11 is 11.1. The van der Waals surface area contributed by atoms with Gasteiger partial charge in [-0.15, -0.1) is 0 Å². The van der Waals surface area contributed by atoms with Crippen LogP contribution in [0, 0.1) is 6.92 Å². The monoisotopic (exact) mass is 236 g/mol. The second kappa shape index (κ2) is 3.76. The summed E-state index contributed by atoms with van der Waals surface area (Å²) in [5, 5.41) is 1.52. The van der Waals surface area contributed by atoms with E-state index in [-0.39, 0.29) is 0 Å². The van der Waals surface area contributed by atoms with Crippen molar-refractivity contribution in [3.63, 3.8) is 0 Å². The van der Waals surface area contributed by atoms with Crippen molar-refractivity contribution in [3.05, 3.63) is 40.5 Å². The van der Waals surface area contributed by atoms with Crippen LogP contribution in [0.1, 0.15) is 11.3 Å². The molecule has 0 saturated heterocycles.